The molecule has 80 valence electrons. The lowest BCUT2D eigenvalue weighted by atomic mass is 10.1. The first-order chi connectivity index (χ1) is 6.96. The van der Waals surface area contributed by atoms with Gasteiger partial charge in [0.05, 0.1) is 6.26 Å². The Hall–Kier alpha value is -1.36. The first kappa shape index (κ1) is 10.2. The summed E-state index contributed by atoms with van der Waals surface area (Å²) in [5, 5.41) is 0. The highest BCUT2D eigenvalue weighted by Gasteiger charge is 2.20. The van der Waals surface area contributed by atoms with Gasteiger partial charge in [0.1, 0.15) is 5.75 Å². The second kappa shape index (κ2) is 3.34. The molecule has 4 nitrogen and oxygen atoms in total. The van der Waals surface area contributed by atoms with Crippen molar-refractivity contribution in [2.45, 2.75) is 12.8 Å². The highest BCUT2D eigenvalue weighted by Crippen LogP contribution is 2.26. The second-order valence-electron chi connectivity index (χ2n) is 3.53. The van der Waals surface area contributed by atoms with E-state index in [-0.39, 0.29) is 11.5 Å². The van der Waals surface area contributed by atoms with E-state index in [1.165, 1.54) is 6.07 Å². The number of hydrogen-bond donors (Lipinski definition) is 0. The molecule has 0 saturated carbocycles. The Labute approximate surface area is 88.0 Å². The van der Waals surface area contributed by atoms with Crippen LogP contribution in [0.1, 0.15) is 22.3 Å². The minimum absolute atomic E-state index is 0.107. The van der Waals surface area contributed by atoms with Crippen LogP contribution in [0, 0.1) is 0 Å². The molecule has 1 aromatic rings. The SMILES string of the molecule is CS(=O)(=O)Oc1ccc2c(c1)CCC2=O. The van der Waals surface area contributed by atoms with Gasteiger partial charge in [-0.25, -0.2) is 0 Å². The summed E-state index contributed by atoms with van der Waals surface area (Å²) in [6, 6.07) is 4.73. The van der Waals surface area contributed by atoms with Gasteiger partial charge in [-0.15, -0.1) is 0 Å². The molecular formula is C10H10O4S. The highest BCUT2D eigenvalue weighted by molar-refractivity contribution is 7.86. The van der Waals surface area contributed by atoms with Crippen LogP contribution in [0.5, 0.6) is 5.75 Å². The molecule has 1 aliphatic carbocycles. The van der Waals surface area contributed by atoms with Crippen LogP contribution in [0.3, 0.4) is 0 Å². The fourth-order valence-corrected chi connectivity index (χ4v) is 2.11. The summed E-state index contributed by atoms with van der Waals surface area (Å²) in [5.74, 6) is 0.377. The zero-order chi connectivity index (χ0) is 11.1. The number of carbonyl (C=O) groups excluding carboxylic acids is 1. The van der Waals surface area contributed by atoms with Crippen molar-refractivity contribution in [2.75, 3.05) is 6.26 Å². The average molecular weight is 226 g/mol. The molecular weight excluding hydrogens is 216 g/mol. The van der Waals surface area contributed by atoms with Crippen LogP contribution in [0.25, 0.3) is 0 Å². The largest absolute Gasteiger partial charge is 0.383 e. The average Bonchev–Trinajstić information content (AvgIpc) is 2.45. The summed E-state index contributed by atoms with van der Waals surface area (Å²) >= 11 is 0. The highest BCUT2D eigenvalue weighted by atomic mass is 32.2. The van der Waals surface area contributed by atoms with Crippen LogP contribution >= 0.6 is 0 Å². The lowest BCUT2D eigenvalue weighted by Gasteiger charge is -2.04. The minimum atomic E-state index is -3.49. The van der Waals surface area contributed by atoms with Crippen LogP contribution in [0.2, 0.25) is 0 Å². The van der Waals surface area contributed by atoms with E-state index in [0.717, 1.165) is 11.8 Å². The third kappa shape index (κ3) is 2.18. The number of carbonyl (C=O) groups is 1. The van der Waals surface area contributed by atoms with E-state index in [0.29, 0.717) is 18.4 Å². The Morgan fingerprint density at radius 1 is 1.27 bits per heavy atom. The molecule has 1 aromatic carbocycles. The van der Waals surface area contributed by atoms with Crippen molar-refractivity contribution >= 4 is 15.9 Å². The fraction of sp³-hybridized carbons (Fsp3) is 0.300. The van der Waals surface area contributed by atoms with E-state index < -0.39 is 10.1 Å². The maximum absolute atomic E-state index is 11.3. The van der Waals surface area contributed by atoms with Gasteiger partial charge < -0.3 is 4.18 Å². The van der Waals surface area contributed by atoms with Crippen molar-refractivity contribution in [3.05, 3.63) is 29.3 Å². The van der Waals surface area contributed by atoms with Crippen molar-refractivity contribution in [3.63, 3.8) is 0 Å². The summed E-state index contributed by atoms with van der Waals surface area (Å²) in [4.78, 5) is 11.3. The Morgan fingerprint density at radius 3 is 2.67 bits per heavy atom. The lowest BCUT2D eigenvalue weighted by molar-refractivity contribution is 0.0994. The van der Waals surface area contributed by atoms with Crippen molar-refractivity contribution in [3.8, 4) is 5.75 Å². The van der Waals surface area contributed by atoms with Crippen LogP contribution in [-0.2, 0) is 16.5 Å². The van der Waals surface area contributed by atoms with E-state index in [2.05, 4.69) is 0 Å². The van der Waals surface area contributed by atoms with Crippen molar-refractivity contribution in [2.24, 2.45) is 0 Å². The molecule has 0 unspecified atom stereocenters. The number of aryl methyl sites for hydroxylation is 1. The normalized spacial score (nSPS) is 15.1. The zero-order valence-corrected chi connectivity index (χ0v) is 9.00. The Morgan fingerprint density at radius 2 is 2.00 bits per heavy atom. The molecule has 15 heavy (non-hydrogen) atoms. The van der Waals surface area contributed by atoms with Gasteiger partial charge in [-0.1, -0.05) is 0 Å². The smallest absolute Gasteiger partial charge is 0.306 e. The van der Waals surface area contributed by atoms with Gasteiger partial charge in [0, 0.05) is 12.0 Å². The quantitative estimate of drug-likeness (QED) is 0.710. The Bertz CT molecular complexity index is 516. The monoisotopic (exact) mass is 226 g/mol. The van der Waals surface area contributed by atoms with Gasteiger partial charge in [0.2, 0.25) is 0 Å². The molecule has 0 saturated heterocycles. The molecule has 0 spiro atoms. The van der Waals surface area contributed by atoms with Gasteiger partial charge in [-0.2, -0.15) is 8.42 Å². The molecule has 0 bridgehead atoms. The van der Waals surface area contributed by atoms with Crippen LogP contribution in [0.4, 0.5) is 0 Å². The van der Waals surface area contributed by atoms with Crippen molar-refractivity contribution in [1.82, 2.24) is 0 Å². The molecule has 0 amide bonds. The van der Waals surface area contributed by atoms with Crippen LogP contribution in [-0.4, -0.2) is 20.5 Å². The third-order valence-electron chi connectivity index (χ3n) is 2.25. The van der Waals surface area contributed by atoms with Crippen molar-refractivity contribution in [1.29, 1.82) is 0 Å². The number of hydrogen-bond acceptors (Lipinski definition) is 4. The first-order valence-corrected chi connectivity index (χ1v) is 6.33. The topological polar surface area (TPSA) is 60.4 Å². The fourth-order valence-electron chi connectivity index (χ4n) is 1.66. The number of ketones is 1. The van der Waals surface area contributed by atoms with Gasteiger partial charge in [0.15, 0.2) is 5.78 Å². The summed E-state index contributed by atoms with van der Waals surface area (Å²) in [6.07, 6.45) is 2.15. The molecule has 0 atom stereocenters. The standard InChI is InChI=1S/C10H10O4S/c1-15(12,13)14-8-3-4-9-7(6-8)2-5-10(9)11/h3-4,6H,2,5H2,1H3. The molecule has 0 N–H and O–H groups in total. The maximum Gasteiger partial charge on any atom is 0.306 e. The summed E-state index contributed by atoms with van der Waals surface area (Å²) in [7, 11) is -3.49. The molecule has 0 aliphatic heterocycles. The molecule has 5 heteroatoms. The Balaban J connectivity index is 2.35. The van der Waals surface area contributed by atoms with E-state index in [9.17, 15) is 13.2 Å². The third-order valence-corrected chi connectivity index (χ3v) is 2.74. The van der Waals surface area contributed by atoms with Gasteiger partial charge >= 0.3 is 10.1 Å². The minimum Gasteiger partial charge on any atom is -0.383 e. The van der Waals surface area contributed by atoms with Gasteiger partial charge in [-0.3, -0.25) is 4.79 Å². The summed E-state index contributed by atoms with van der Waals surface area (Å²) in [5.41, 5.74) is 1.54. The van der Waals surface area contributed by atoms with Crippen LogP contribution in [0.15, 0.2) is 18.2 Å². The number of benzene rings is 1. The summed E-state index contributed by atoms with van der Waals surface area (Å²) < 4.78 is 26.5. The number of fused-ring (bicyclic) bond motifs is 1. The zero-order valence-electron chi connectivity index (χ0n) is 8.19. The molecule has 0 radical (unpaired) electrons. The first-order valence-electron chi connectivity index (χ1n) is 4.51. The molecule has 1 aliphatic rings. The van der Waals surface area contributed by atoms with Gasteiger partial charge in [-0.05, 0) is 30.2 Å². The van der Waals surface area contributed by atoms with E-state index in [1.807, 2.05) is 0 Å². The van der Waals surface area contributed by atoms with E-state index in [4.69, 9.17) is 4.18 Å². The molecule has 2 rings (SSSR count). The van der Waals surface area contributed by atoms with Crippen LogP contribution < -0.4 is 4.18 Å². The second-order valence-corrected chi connectivity index (χ2v) is 5.10. The lowest BCUT2D eigenvalue weighted by Crippen LogP contribution is -2.06. The summed E-state index contributed by atoms with van der Waals surface area (Å²) in [6.45, 7) is 0. The number of rotatable bonds is 2. The predicted molar refractivity (Wildman–Crippen MR) is 54.6 cm³/mol. The molecule has 0 heterocycles. The van der Waals surface area contributed by atoms with Crippen molar-refractivity contribution < 1.29 is 17.4 Å². The predicted octanol–water partition coefficient (Wildman–Crippen LogP) is 1.15. The van der Waals surface area contributed by atoms with E-state index >= 15 is 0 Å². The molecule has 0 fully saturated rings. The Kier molecular flexibility index (Phi) is 2.26. The molecule has 0 aromatic heterocycles. The van der Waals surface area contributed by atoms with E-state index in [1.54, 1.807) is 12.1 Å². The number of Topliss-reactive ketones (excluding diaryl/α,β-unsaturated/α-hetero) is 1. The maximum atomic E-state index is 11.3. The van der Waals surface area contributed by atoms with Gasteiger partial charge in [0.25, 0.3) is 0 Å².